The predicted octanol–water partition coefficient (Wildman–Crippen LogP) is 4.39. The van der Waals surface area contributed by atoms with Crippen LogP contribution < -0.4 is 0 Å². The molecule has 2 unspecified atom stereocenters. The van der Waals surface area contributed by atoms with Crippen LogP contribution in [0.3, 0.4) is 0 Å². The average molecular weight is 361 g/mol. The lowest BCUT2D eigenvalue weighted by Gasteiger charge is -2.62. The quantitative estimate of drug-likeness (QED) is 0.760. The number of allylic oxidation sites excluding steroid dienone is 1. The normalized spacial score (nSPS) is 53.3. The molecule has 9 atom stereocenters. The molecule has 4 saturated carbocycles. The molecule has 0 aromatic heterocycles. The van der Waals surface area contributed by atoms with Gasteiger partial charge in [0, 0.05) is 12.5 Å². The number of carbonyl (C=O) groups is 1. The summed E-state index contributed by atoms with van der Waals surface area (Å²) in [4.78, 5) is 12.9. The molecule has 4 fully saturated rings. The minimum Gasteiger partial charge on any atom is -0.393 e. The van der Waals surface area contributed by atoms with Crippen molar-refractivity contribution in [2.45, 2.75) is 77.4 Å². The number of methoxy groups -OCH3 is 1. The van der Waals surface area contributed by atoms with Gasteiger partial charge in [0.05, 0.1) is 12.2 Å². The minimum absolute atomic E-state index is 0.168. The zero-order valence-corrected chi connectivity index (χ0v) is 16.7. The molecule has 4 rings (SSSR count). The molecule has 0 bridgehead atoms. The lowest BCUT2D eigenvalue weighted by atomic mass is 9.43. The van der Waals surface area contributed by atoms with Crippen molar-refractivity contribution in [2.75, 3.05) is 7.11 Å². The molecule has 4 aliphatic rings. The molecular formula is C23H36O3. The Labute approximate surface area is 158 Å². The predicted molar refractivity (Wildman–Crippen MR) is 103 cm³/mol. The van der Waals surface area contributed by atoms with Gasteiger partial charge in [-0.15, -0.1) is 6.58 Å². The van der Waals surface area contributed by atoms with Crippen LogP contribution in [-0.2, 0) is 9.53 Å². The van der Waals surface area contributed by atoms with Crippen molar-refractivity contribution in [3.8, 4) is 0 Å². The summed E-state index contributed by atoms with van der Waals surface area (Å²) in [6.07, 6.45) is 10.6. The maximum absolute atomic E-state index is 12.9. The van der Waals surface area contributed by atoms with Crippen LogP contribution >= 0.6 is 0 Å². The van der Waals surface area contributed by atoms with Crippen LogP contribution in [0.15, 0.2) is 12.7 Å². The Balaban J connectivity index is 1.72. The monoisotopic (exact) mass is 360 g/mol. The van der Waals surface area contributed by atoms with E-state index in [0.29, 0.717) is 35.4 Å². The number of carbonyl (C=O) groups excluding carboxylic acids is 1. The number of fused-ring (bicyclic) bond motifs is 5. The highest BCUT2D eigenvalue weighted by Crippen LogP contribution is 2.68. The molecule has 0 aromatic carbocycles. The van der Waals surface area contributed by atoms with Crippen molar-refractivity contribution in [3.05, 3.63) is 12.7 Å². The third kappa shape index (κ3) is 2.35. The van der Waals surface area contributed by atoms with Gasteiger partial charge in [0.2, 0.25) is 0 Å². The minimum atomic E-state index is -0.168. The fourth-order valence-electron chi connectivity index (χ4n) is 8.25. The highest BCUT2D eigenvalue weighted by Gasteiger charge is 2.64. The van der Waals surface area contributed by atoms with Crippen LogP contribution in [0.5, 0.6) is 0 Å². The number of aliphatic hydroxyl groups is 1. The van der Waals surface area contributed by atoms with E-state index in [1.807, 2.05) is 14.0 Å². The van der Waals surface area contributed by atoms with E-state index in [1.165, 1.54) is 0 Å². The van der Waals surface area contributed by atoms with Crippen LogP contribution in [0.25, 0.3) is 0 Å². The van der Waals surface area contributed by atoms with Gasteiger partial charge in [-0.05, 0) is 93.3 Å². The molecule has 0 aromatic rings. The Morgan fingerprint density at radius 1 is 1.12 bits per heavy atom. The molecule has 0 aliphatic heterocycles. The fraction of sp³-hybridized carbons (Fsp3) is 0.870. The van der Waals surface area contributed by atoms with Crippen LogP contribution in [0.2, 0.25) is 0 Å². The summed E-state index contributed by atoms with van der Waals surface area (Å²) in [5.74, 6) is 2.95. The van der Waals surface area contributed by atoms with Gasteiger partial charge in [-0.3, -0.25) is 4.79 Å². The number of hydrogen-bond donors (Lipinski definition) is 1. The Kier molecular flexibility index (Phi) is 4.63. The van der Waals surface area contributed by atoms with Crippen molar-refractivity contribution in [2.24, 2.45) is 40.4 Å². The number of ketones is 1. The summed E-state index contributed by atoms with van der Waals surface area (Å²) in [6.45, 7) is 8.37. The van der Waals surface area contributed by atoms with Crippen molar-refractivity contribution in [1.29, 1.82) is 0 Å². The molecule has 0 saturated heterocycles. The summed E-state index contributed by atoms with van der Waals surface area (Å²) in [5, 5.41) is 10.3. The van der Waals surface area contributed by atoms with Crippen LogP contribution in [-0.4, -0.2) is 30.2 Å². The second-order valence-electron chi connectivity index (χ2n) is 9.98. The first kappa shape index (κ1) is 18.7. The zero-order valence-electron chi connectivity index (χ0n) is 16.7. The van der Waals surface area contributed by atoms with Gasteiger partial charge in [0.1, 0.15) is 5.78 Å². The molecule has 1 N–H and O–H groups in total. The van der Waals surface area contributed by atoms with E-state index in [1.54, 1.807) is 0 Å². The highest BCUT2D eigenvalue weighted by molar-refractivity contribution is 5.84. The average Bonchev–Trinajstić information content (AvgIpc) is 3.02. The van der Waals surface area contributed by atoms with Gasteiger partial charge < -0.3 is 9.84 Å². The summed E-state index contributed by atoms with van der Waals surface area (Å²) < 4.78 is 6.00. The molecule has 0 radical (unpaired) electrons. The van der Waals surface area contributed by atoms with Gasteiger partial charge in [-0.25, -0.2) is 0 Å². The van der Waals surface area contributed by atoms with Gasteiger partial charge in [-0.1, -0.05) is 13.0 Å². The summed E-state index contributed by atoms with van der Waals surface area (Å²) in [7, 11) is 1.84. The van der Waals surface area contributed by atoms with Gasteiger partial charge >= 0.3 is 0 Å². The molecule has 0 heterocycles. The summed E-state index contributed by atoms with van der Waals surface area (Å²) in [6, 6.07) is 0. The van der Waals surface area contributed by atoms with Crippen molar-refractivity contribution >= 4 is 5.78 Å². The third-order valence-electron chi connectivity index (χ3n) is 9.45. The van der Waals surface area contributed by atoms with Crippen molar-refractivity contribution < 1.29 is 14.6 Å². The standard InChI is InChI=1S/C23H36O3/c1-5-15-6-7-19-17-13-21(26-4)20-12-16(25)8-10-22(20,3)18(17)9-11-23(15,19)14(2)24/h5,15-21,25H,1,6-13H2,2-4H3/t15?,16-,17-,18+,19+,20-,21-,22-,23?/m1/s1. The fourth-order valence-corrected chi connectivity index (χ4v) is 8.25. The SMILES string of the molecule is C=CC1CC[C@H]2[C@@H]3C[C@@H](OC)[C@H]4C[C@H](O)CC[C@]4(C)[C@H]3CCC12C(C)=O. The molecule has 26 heavy (non-hydrogen) atoms. The van der Waals surface area contributed by atoms with Crippen LogP contribution in [0, 0.1) is 40.4 Å². The number of aliphatic hydroxyl groups excluding tert-OH is 1. The summed E-state index contributed by atoms with van der Waals surface area (Å²) in [5.41, 5.74) is 0.0800. The maximum Gasteiger partial charge on any atom is 0.136 e. The highest BCUT2D eigenvalue weighted by atomic mass is 16.5. The van der Waals surface area contributed by atoms with E-state index in [2.05, 4.69) is 19.6 Å². The summed E-state index contributed by atoms with van der Waals surface area (Å²) >= 11 is 0. The Bertz CT molecular complexity index is 586. The maximum atomic E-state index is 12.9. The molecular weight excluding hydrogens is 324 g/mol. The first-order valence-corrected chi connectivity index (χ1v) is 10.7. The lowest BCUT2D eigenvalue weighted by molar-refractivity contribution is -0.182. The number of Topliss-reactive ketones (excluding diaryl/α,β-unsaturated/α-hetero) is 1. The van der Waals surface area contributed by atoms with Gasteiger partial charge in [0.25, 0.3) is 0 Å². The molecule has 3 heteroatoms. The number of rotatable bonds is 3. The molecule has 146 valence electrons. The van der Waals surface area contributed by atoms with Gasteiger partial charge in [-0.2, -0.15) is 0 Å². The first-order valence-electron chi connectivity index (χ1n) is 10.7. The third-order valence-corrected chi connectivity index (χ3v) is 9.45. The first-order chi connectivity index (χ1) is 12.4. The zero-order chi connectivity index (χ0) is 18.7. The Hall–Kier alpha value is -0.670. The van der Waals surface area contributed by atoms with Crippen molar-refractivity contribution in [1.82, 2.24) is 0 Å². The topological polar surface area (TPSA) is 46.5 Å². The van der Waals surface area contributed by atoms with E-state index < -0.39 is 0 Å². The van der Waals surface area contributed by atoms with Gasteiger partial charge in [0.15, 0.2) is 0 Å². The Morgan fingerprint density at radius 2 is 1.88 bits per heavy atom. The molecule has 0 amide bonds. The molecule has 4 aliphatic carbocycles. The smallest absolute Gasteiger partial charge is 0.136 e. The van der Waals surface area contributed by atoms with E-state index >= 15 is 0 Å². The number of hydrogen-bond acceptors (Lipinski definition) is 3. The van der Waals surface area contributed by atoms with E-state index in [4.69, 9.17) is 4.74 Å². The second kappa shape index (κ2) is 6.44. The number of ether oxygens (including phenoxy) is 1. The molecule has 3 nitrogen and oxygen atoms in total. The van der Waals surface area contributed by atoms with E-state index in [-0.39, 0.29) is 23.0 Å². The molecule has 0 spiro atoms. The van der Waals surface area contributed by atoms with Crippen molar-refractivity contribution in [3.63, 3.8) is 0 Å². The van der Waals surface area contributed by atoms with Crippen LogP contribution in [0.4, 0.5) is 0 Å². The van der Waals surface area contributed by atoms with E-state index in [0.717, 1.165) is 51.4 Å². The van der Waals surface area contributed by atoms with Crippen LogP contribution in [0.1, 0.15) is 65.2 Å². The Morgan fingerprint density at radius 3 is 2.54 bits per heavy atom. The largest absolute Gasteiger partial charge is 0.393 e. The second-order valence-corrected chi connectivity index (χ2v) is 9.98. The lowest BCUT2D eigenvalue weighted by Crippen LogP contribution is -2.59. The van der Waals surface area contributed by atoms with E-state index in [9.17, 15) is 9.90 Å².